The molecule has 0 bridgehead atoms. The lowest BCUT2D eigenvalue weighted by molar-refractivity contribution is -0.125. The second-order valence-corrected chi connectivity index (χ2v) is 8.68. The molecule has 5 heterocycles. The van der Waals surface area contributed by atoms with Gasteiger partial charge >= 0.3 is 0 Å². The Morgan fingerprint density at radius 2 is 2.14 bits per heavy atom. The van der Waals surface area contributed by atoms with E-state index in [0.717, 1.165) is 41.2 Å². The van der Waals surface area contributed by atoms with Crippen LogP contribution in [0.1, 0.15) is 53.7 Å². The SMILES string of the molecule is CCC1C(C(=O)N2CCc3nc[nH]c3C2)=NN=C1c1cn(C)nc1C.N/C=C\c1ncccc1C(F)F. The van der Waals surface area contributed by atoms with Gasteiger partial charge in [0.2, 0.25) is 0 Å². The number of aromatic amines is 1. The smallest absolute Gasteiger partial charge is 0.271 e. The van der Waals surface area contributed by atoms with Gasteiger partial charge in [-0.15, -0.1) is 5.10 Å². The van der Waals surface area contributed by atoms with E-state index in [4.69, 9.17) is 5.73 Å². The number of pyridine rings is 1. The zero-order valence-corrected chi connectivity index (χ0v) is 20.9. The number of alkyl halides is 2. The number of aromatic nitrogens is 5. The highest BCUT2D eigenvalue weighted by Gasteiger charge is 2.36. The van der Waals surface area contributed by atoms with Gasteiger partial charge in [-0.3, -0.25) is 14.5 Å². The maximum atomic E-state index is 13.0. The van der Waals surface area contributed by atoms with Crippen LogP contribution in [-0.2, 0) is 24.8 Å². The number of nitrogens with one attached hydrogen (secondary N) is 1. The van der Waals surface area contributed by atoms with Crippen LogP contribution in [0.3, 0.4) is 0 Å². The van der Waals surface area contributed by atoms with E-state index in [-0.39, 0.29) is 23.1 Å². The van der Waals surface area contributed by atoms with Crippen molar-refractivity contribution in [2.45, 2.75) is 39.7 Å². The molecule has 1 atom stereocenters. The molecule has 0 saturated heterocycles. The summed E-state index contributed by atoms with van der Waals surface area (Å²) in [4.78, 5) is 26.0. The Labute approximate surface area is 213 Å². The molecule has 2 aliphatic heterocycles. The van der Waals surface area contributed by atoms with Gasteiger partial charge in [-0.05, 0) is 37.8 Å². The van der Waals surface area contributed by atoms with Crippen molar-refractivity contribution >= 4 is 23.4 Å². The third-order valence-electron chi connectivity index (χ3n) is 6.27. The number of carbonyl (C=O) groups is 1. The molecule has 0 radical (unpaired) electrons. The molecule has 0 spiro atoms. The Morgan fingerprint density at radius 3 is 2.81 bits per heavy atom. The number of H-pyrrole nitrogens is 1. The number of rotatable bonds is 5. The van der Waals surface area contributed by atoms with E-state index in [0.29, 0.717) is 18.8 Å². The fourth-order valence-electron chi connectivity index (χ4n) is 4.44. The molecule has 3 aromatic heterocycles. The lowest BCUT2D eigenvalue weighted by Gasteiger charge is -2.27. The predicted molar refractivity (Wildman–Crippen MR) is 136 cm³/mol. The summed E-state index contributed by atoms with van der Waals surface area (Å²) in [5.41, 5.74) is 10.5. The van der Waals surface area contributed by atoms with Gasteiger partial charge in [0.15, 0.2) is 0 Å². The van der Waals surface area contributed by atoms with Crippen molar-refractivity contribution in [2.24, 2.45) is 28.9 Å². The molecule has 0 saturated carbocycles. The second kappa shape index (κ2) is 11.2. The Kier molecular flexibility index (Phi) is 7.85. The van der Waals surface area contributed by atoms with Crippen LogP contribution in [0.4, 0.5) is 8.78 Å². The van der Waals surface area contributed by atoms with E-state index in [9.17, 15) is 13.6 Å². The van der Waals surface area contributed by atoms with Crippen LogP contribution in [-0.4, -0.2) is 53.5 Å². The molecular formula is C25H29F2N9O. The minimum atomic E-state index is -2.51. The van der Waals surface area contributed by atoms with E-state index >= 15 is 0 Å². The highest BCUT2D eigenvalue weighted by Crippen LogP contribution is 2.25. The van der Waals surface area contributed by atoms with Crippen LogP contribution in [0.5, 0.6) is 0 Å². The van der Waals surface area contributed by atoms with Gasteiger partial charge in [0.05, 0.1) is 47.3 Å². The summed E-state index contributed by atoms with van der Waals surface area (Å²) >= 11 is 0. The first kappa shape index (κ1) is 25.9. The number of fused-ring (bicyclic) bond motifs is 1. The molecule has 194 valence electrons. The van der Waals surface area contributed by atoms with Crippen LogP contribution < -0.4 is 5.73 Å². The molecule has 5 rings (SSSR count). The van der Waals surface area contributed by atoms with Crippen molar-refractivity contribution in [3.05, 3.63) is 71.0 Å². The third-order valence-corrected chi connectivity index (χ3v) is 6.27. The van der Waals surface area contributed by atoms with Crippen LogP contribution in [0, 0.1) is 12.8 Å². The molecular weight excluding hydrogens is 480 g/mol. The van der Waals surface area contributed by atoms with Gasteiger partial charge in [0.1, 0.15) is 5.71 Å². The van der Waals surface area contributed by atoms with Crippen molar-refractivity contribution in [3.8, 4) is 0 Å². The maximum Gasteiger partial charge on any atom is 0.271 e. The molecule has 10 nitrogen and oxygen atoms in total. The molecule has 12 heteroatoms. The predicted octanol–water partition coefficient (Wildman–Crippen LogP) is 3.17. The summed E-state index contributed by atoms with van der Waals surface area (Å²) in [6.45, 7) is 5.22. The minimum Gasteiger partial charge on any atom is -0.405 e. The highest BCUT2D eigenvalue weighted by molar-refractivity contribution is 6.45. The number of hydrogen-bond acceptors (Lipinski definition) is 7. The van der Waals surface area contributed by atoms with Crippen molar-refractivity contribution in [2.75, 3.05) is 6.54 Å². The normalized spacial score (nSPS) is 16.9. The lowest BCUT2D eigenvalue weighted by atomic mass is 9.90. The molecule has 0 fully saturated rings. The number of carbonyl (C=O) groups excluding carboxylic acids is 1. The number of halogens is 2. The number of nitrogens with zero attached hydrogens (tertiary/aromatic N) is 7. The second-order valence-electron chi connectivity index (χ2n) is 8.68. The molecule has 1 unspecified atom stereocenters. The summed E-state index contributed by atoms with van der Waals surface area (Å²) < 4.78 is 26.2. The van der Waals surface area contributed by atoms with Crippen molar-refractivity contribution in [1.29, 1.82) is 0 Å². The average molecular weight is 510 g/mol. The monoisotopic (exact) mass is 509 g/mol. The van der Waals surface area contributed by atoms with E-state index in [1.54, 1.807) is 11.0 Å². The van der Waals surface area contributed by atoms with Crippen molar-refractivity contribution < 1.29 is 13.6 Å². The Hall–Kier alpha value is -4.22. The number of hydrogen-bond donors (Lipinski definition) is 2. The summed E-state index contributed by atoms with van der Waals surface area (Å²) in [6.07, 6.45) is 6.65. The average Bonchev–Trinajstić information content (AvgIpc) is 3.61. The van der Waals surface area contributed by atoms with Crippen LogP contribution in [0.25, 0.3) is 6.08 Å². The number of nitrogens with two attached hydrogens (primary N) is 1. The van der Waals surface area contributed by atoms with Crippen LogP contribution in [0.2, 0.25) is 0 Å². The molecule has 0 aromatic carbocycles. The molecule has 37 heavy (non-hydrogen) atoms. The molecule has 2 aliphatic rings. The molecule has 3 N–H and O–H groups in total. The van der Waals surface area contributed by atoms with E-state index in [2.05, 4.69) is 37.2 Å². The molecule has 3 aromatic rings. The Bertz CT molecular complexity index is 1360. The molecule has 0 aliphatic carbocycles. The topological polar surface area (TPSA) is 130 Å². The van der Waals surface area contributed by atoms with Gasteiger partial charge in [-0.1, -0.05) is 6.92 Å². The first-order valence-corrected chi connectivity index (χ1v) is 11.9. The molecule has 1 amide bonds. The Morgan fingerprint density at radius 1 is 1.32 bits per heavy atom. The lowest BCUT2D eigenvalue weighted by Crippen LogP contribution is -2.43. The first-order chi connectivity index (χ1) is 17.8. The number of aryl methyl sites for hydroxylation is 2. The largest absolute Gasteiger partial charge is 0.405 e. The Balaban J connectivity index is 0.000000225. The van der Waals surface area contributed by atoms with E-state index in [1.165, 1.54) is 30.6 Å². The highest BCUT2D eigenvalue weighted by atomic mass is 19.3. The number of imidazole rings is 1. The van der Waals surface area contributed by atoms with Gasteiger partial charge < -0.3 is 15.6 Å². The van der Waals surface area contributed by atoms with Crippen LogP contribution >= 0.6 is 0 Å². The fourth-order valence-corrected chi connectivity index (χ4v) is 4.44. The van der Waals surface area contributed by atoms with Crippen molar-refractivity contribution in [3.63, 3.8) is 0 Å². The standard InChI is InChI=1S/C17H21N7O.C8H8F2N2/c1-4-11-15(12-7-23(3)22-10(12)2)20-21-16(11)17(25)24-6-5-13-14(8-24)19-9-18-13;9-8(10)6-2-1-5-12-7(6)3-4-11/h7,9,11H,4-6,8H2,1-3H3,(H,18,19);1-5,8H,11H2/b;4-3-. The first-order valence-electron chi connectivity index (χ1n) is 11.9. The maximum absolute atomic E-state index is 13.0. The van der Waals surface area contributed by atoms with Gasteiger partial charge in [0.25, 0.3) is 12.3 Å². The van der Waals surface area contributed by atoms with Gasteiger partial charge in [0, 0.05) is 43.5 Å². The summed E-state index contributed by atoms with van der Waals surface area (Å²) in [5.74, 6) is -0.119. The minimum absolute atomic E-state index is 0.0348. The zero-order chi connectivity index (χ0) is 26.5. The van der Waals surface area contributed by atoms with Crippen molar-refractivity contribution in [1.82, 2.24) is 29.6 Å². The summed E-state index contributed by atoms with van der Waals surface area (Å²) in [5, 5.41) is 13.0. The third kappa shape index (κ3) is 5.47. The summed E-state index contributed by atoms with van der Waals surface area (Å²) in [6, 6.07) is 2.79. The van der Waals surface area contributed by atoms with Gasteiger partial charge in [-0.2, -0.15) is 10.2 Å². The van der Waals surface area contributed by atoms with E-state index in [1.807, 2.05) is 25.1 Å². The quantitative estimate of drug-likeness (QED) is 0.546. The van der Waals surface area contributed by atoms with Crippen LogP contribution in [0.15, 0.2) is 47.3 Å². The summed E-state index contributed by atoms with van der Waals surface area (Å²) in [7, 11) is 1.88. The zero-order valence-electron chi connectivity index (χ0n) is 20.9. The number of amides is 1. The van der Waals surface area contributed by atoms with Gasteiger partial charge in [-0.25, -0.2) is 13.8 Å². The van der Waals surface area contributed by atoms with E-state index < -0.39 is 6.43 Å². The fraction of sp³-hybridized carbons (Fsp3) is 0.360.